The lowest BCUT2D eigenvalue weighted by Crippen LogP contribution is -2.47. The van der Waals surface area contributed by atoms with Gasteiger partial charge in [-0.25, -0.2) is 0 Å². The van der Waals surface area contributed by atoms with Crippen molar-refractivity contribution in [2.24, 2.45) is 0 Å². The van der Waals surface area contributed by atoms with Crippen LogP contribution < -0.4 is 5.32 Å². The third kappa shape index (κ3) is 4.30. The van der Waals surface area contributed by atoms with E-state index in [2.05, 4.69) is 33.1 Å². The smallest absolute Gasteiger partial charge is 0.251 e. The summed E-state index contributed by atoms with van der Waals surface area (Å²) in [5, 5.41) is 2.96. The fourth-order valence-corrected chi connectivity index (χ4v) is 2.97. The molecule has 1 amide bonds. The minimum Gasteiger partial charge on any atom is -0.374 e. The van der Waals surface area contributed by atoms with Crippen LogP contribution in [0.25, 0.3) is 0 Å². The first-order valence-corrected chi connectivity index (χ1v) is 7.77. The molecule has 0 saturated carbocycles. The average molecular weight is 341 g/mol. The molecule has 0 spiro atoms. The van der Waals surface area contributed by atoms with Crippen LogP contribution in [0.3, 0.4) is 0 Å². The van der Waals surface area contributed by atoms with Crippen LogP contribution >= 0.6 is 15.9 Å². The zero-order chi connectivity index (χ0) is 14.5. The molecule has 0 aromatic heterocycles. The molecular formula is C15H21BrN2O2. The Balaban J connectivity index is 1.88. The van der Waals surface area contributed by atoms with Crippen LogP contribution in [0.4, 0.5) is 0 Å². The number of aryl methyl sites for hydroxylation is 1. The van der Waals surface area contributed by atoms with E-state index in [0.29, 0.717) is 12.1 Å². The first-order valence-electron chi connectivity index (χ1n) is 6.98. The summed E-state index contributed by atoms with van der Waals surface area (Å²) in [5.74, 6) is -0.0494. The first kappa shape index (κ1) is 15.5. The maximum absolute atomic E-state index is 12.1. The van der Waals surface area contributed by atoms with Crippen molar-refractivity contribution in [1.29, 1.82) is 0 Å². The molecule has 1 aliphatic rings. The van der Waals surface area contributed by atoms with Gasteiger partial charge in [-0.15, -0.1) is 0 Å². The number of carbonyl (C=O) groups is 1. The summed E-state index contributed by atoms with van der Waals surface area (Å²) in [7, 11) is 0. The SMILES string of the molecule is CCN1CCOC(CNC(=O)c2cc(C)cc(Br)c2)C1. The van der Waals surface area contributed by atoms with Crippen molar-refractivity contribution >= 4 is 21.8 Å². The van der Waals surface area contributed by atoms with Gasteiger partial charge in [0.2, 0.25) is 0 Å². The Hall–Kier alpha value is -0.910. The van der Waals surface area contributed by atoms with Gasteiger partial charge in [0.05, 0.1) is 12.7 Å². The Labute approximate surface area is 128 Å². The molecule has 110 valence electrons. The lowest BCUT2D eigenvalue weighted by atomic mass is 10.1. The van der Waals surface area contributed by atoms with Gasteiger partial charge in [-0.2, -0.15) is 0 Å². The Bertz CT molecular complexity index is 459. The van der Waals surface area contributed by atoms with Crippen LogP contribution in [0.1, 0.15) is 22.8 Å². The molecule has 1 saturated heterocycles. The van der Waals surface area contributed by atoms with Crippen molar-refractivity contribution in [3.63, 3.8) is 0 Å². The van der Waals surface area contributed by atoms with Crippen molar-refractivity contribution in [2.75, 3.05) is 32.8 Å². The number of carbonyl (C=O) groups excluding carboxylic acids is 1. The third-order valence-corrected chi connectivity index (χ3v) is 3.92. The second-order valence-electron chi connectivity index (χ2n) is 5.11. The molecule has 20 heavy (non-hydrogen) atoms. The fourth-order valence-electron chi connectivity index (χ4n) is 2.37. The summed E-state index contributed by atoms with van der Waals surface area (Å²) in [5.41, 5.74) is 1.75. The van der Waals surface area contributed by atoms with Gasteiger partial charge in [0, 0.05) is 29.7 Å². The third-order valence-electron chi connectivity index (χ3n) is 3.46. The van der Waals surface area contributed by atoms with Crippen LogP contribution in [0.15, 0.2) is 22.7 Å². The second-order valence-corrected chi connectivity index (χ2v) is 6.03. The van der Waals surface area contributed by atoms with Crippen LogP contribution in [-0.2, 0) is 4.74 Å². The van der Waals surface area contributed by atoms with Gasteiger partial charge in [-0.3, -0.25) is 9.69 Å². The number of rotatable bonds is 4. The Kier molecular flexibility index (Phi) is 5.57. The molecule has 1 heterocycles. The number of ether oxygens (including phenoxy) is 1. The molecule has 1 aromatic carbocycles. The highest BCUT2D eigenvalue weighted by Gasteiger charge is 2.20. The van der Waals surface area contributed by atoms with E-state index in [-0.39, 0.29) is 12.0 Å². The van der Waals surface area contributed by atoms with Gasteiger partial charge in [-0.05, 0) is 37.2 Å². The van der Waals surface area contributed by atoms with E-state index < -0.39 is 0 Å². The number of hydrogen-bond acceptors (Lipinski definition) is 3. The Morgan fingerprint density at radius 2 is 2.30 bits per heavy atom. The van der Waals surface area contributed by atoms with Crippen LogP contribution in [0, 0.1) is 6.92 Å². The predicted octanol–water partition coefficient (Wildman–Crippen LogP) is 2.21. The molecule has 1 aromatic rings. The van der Waals surface area contributed by atoms with Crippen molar-refractivity contribution < 1.29 is 9.53 Å². The molecule has 1 atom stereocenters. The van der Waals surface area contributed by atoms with E-state index in [0.717, 1.165) is 36.3 Å². The van der Waals surface area contributed by atoms with E-state index in [9.17, 15) is 4.79 Å². The van der Waals surface area contributed by atoms with E-state index in [1.807, 2.05) is 25.1 Å². The van der Waals surface area contributed by atoms with Gasteiger partial charge >= 0.3 is 0 Å². The molecule has 1 unspecified atom stereocenters. The standard InChI is InChI=1S/C15H21BrN2O2/c1-3-18-4-5-20-14(10-18)9-17-15(19)12-6-11(2)7-13(16)8-12/h6-8,14H,3-5,9-10H2,1-2H3,(H,17,19). The lowest BCUT2D eigenvalue weighted by molar-refractivity contribution is -0.0246. The largest absolute Gasteiger partial charge is 0.374 e. The van der Waals surface area contributed by atoms with Crippen molar-refractivity contribution in [2.45, 2.75) is 20.0 Å². The van der Waals surface area contributed by atoms with Crippen LogP contribution in [0.2, 0.25) is 0 Å². The molecule has 1 fully saturated rings. The summed E-state index contributed by atoms with van der Waals surface area (Å²) in [6.07, 6.45) is 0.0842. The molecule has 1 aliphatic heterocycles. The minimum absolute atomic E-state index is 0.0494. The predicted molar refractivity (Wildman–Crippen MR) is 83.1 cm³/mol. The van der Waals surface area contributed by atoms with E-state index >= 15 is 0 Å². The highest BCUT2D eigenvalue weighted by atomic mass is 79.9. The molecule has 0 radical (unpaired) electrons. The van der Waals surface area contributed by atoms with Crippen molar-refractivity contribution in [1.82, 2.24) is 10.2 Å². The lowest BCUT2D eigenvalue weighted by Gasteiger charge is -2.32. The number of hydrogen-bond donors (Lipinski definition) is 1. The highest BCUT2D eigenvalue weighted by molar-refractivity contribution is 9.10. The zero-order valence-electron chi connectivity index (χ0n) is 12.0. The molecule has 1 N–H and O–H groups in total. The van der Waals surface area contributed by atoms with Crippen molar-refractivity contribution in [3.8, 4) is 0 Å². The van der Waals surface area contributed by atoms with E-state index in [4.69, 9.17) is 4.74 Å². The van der Waals surface area contributed by atoms with Gasteiger partial charge in [0.1, 0.15) is 0 Å². The number of morpholine rings is 1. The first-order chi connectivity index (χ1) is 9.58. The maximum Gasteiger partial charge on any atom is 0.251 e. The summed E-state index contributed by atoms with van der Waals surface area (Å²) in [6, 6.07) is 5.71. The number of benzene rings is 1. The molecule has 2 rings (SSSR count). The van der Waals surface area contributed by atoms with Gasteiger partial charge in [-0.1, -0.05) is 22.9 Å². The molecule has 5 heteroatoms. The Morgan fingerprint density at radius 1 is 1.50 bits per heavy atom. The normalized spacial score (nSPS) is 19.9. The molecule has 0 bridgehead atoms. The highest BCUT2D eigenvalue weighted by Crippen LogP contribution is 2.15. The number of likely N-dealkylation sites (N-methyl/N-ethyl adjacent to an activating group) is 1. The summed E-state index contributed by atoms with van der Waals surface area (Å²) in [6.45, 7) is 8.31. The monoisotopic (exact) mass is 340 g/mol. The second kappa shape index (κ2) is 7.20. The summed E-state index contributed by atoms with van der Waals surface area (Å²) < 4.78 is 6.60. The fraction of sp³-hybridized carbons (Fsp3) is 0.533. The minimum atomic E-state index is -0.0494. The van der Waals surface area contributed by atoms with Crippen LogP contribution in [0.5, 0.6) is 0 Å². The number of nitrogens with zero attached hydrogens (tertiary/aromatic N) is 1. The van der Waals surface area contributed by atoms with Gasteiger partial charge in [0.15, 0.2) is 0 Å². The maximum atomic E-state index is 12.1. The summed E-state index contributed by atoms with van der Waals surface area (Å²) >= 11 is 3.41. The van der Waals surface area contributed by atoms with Gasteiger partial charge in [0.25, 0.3) is 5.91 Å². The van der Waals surface area contributed by atoms with Crippen molar-refractivity contribution in [3.05, 3.63) is 33.8 Å². The molecule has 0 aliphatic carbocycles. The molecule has 4 nitrogen and oxygen atoms in total. The average Bonchev–Trinajstić information content (AvgIpc) is 2.44. The van der Waals surface area contributed by atoms with E-state index in [1.165, 1.54) is 0 Å². The number of nitrogens with one attached hydrogen (secondary N) is 1. The number of amides is 1. The van der Waals surface area contributed by atoms with Gasteiger partial charge < -0.3 is 10.1 Å². The van der Waals surface area contributed by atoms with E-state index in [1.54, 1.807) is 0 Å². The Morgan fingerprint density at radius 3 is 3.00 bits per heavy atom. The number of halogens is 1. The quantitative estimate of drug-likeness (QED) is 0.913. The topological polar surface area (TPSA) is 41.6 Å². The zero-order valence-corrected chi connectivity index (χ0v) is 13.6. The summed E-state index contributed by atoms with van der Waals surface area (Å²) in [4.78, 5) is 14.5. The molecular weight excluding hydrogens is 320 g/mol. The van der Waals surface area contributed by atoms with Crippen LogP contribution in [-0.4, -0.2) is 49.7 Å².